The average Bonchev–Trinajstić information content (AvgIpc) is 2.93. The maximum atomic E-state index is 11.5. The van der Waals surface area contributed by atoms with Crippen LogP contribution in [0.1, 0.15) is 11.5 Å². The third-order valence-electron chi connectivity index (χ3n) is 2.99. The van der Waals surface area contributed by atoms with Crippen molar-refractivity contribution in [2.24, 2.45) is 5.92 Å². The second-order valence-corrected chi connectivity index (χ2v) is 7.35. The smallest absolute Gasteiger partial charge is 0.308 e. The molecule has 0 unspecified atom stereocenters. The summed E-state index contributed by atoms with van der Waals surface area (Å²) in [7, 11) is -3.32. The highest BCUT2D eigenvalue weighted by molar-refractivity contribution is 9.10. The molecule has 1 aliphatic carbocycles. The van der Waals surface area contributed by atoms with E-state index in [1.54, 1.807) is 24.3 Å². The first-order valence-corrected chi connectivity index (χ1v) is 7.74. The third-order valence-corrected chi connectivity index (χ3v) is 5.09. The van der Waals surface area contributed by atoms with Crippen LogP contribution in [0.15, 0.2) is 28.7 Å². The van der Waals surface area contributed by atoms with Crippen LogP contribution < -0.4 is 0 Å². The minimum Gasteiger partial charge on any atom is -0.481 e. The van der Waals surface area contributed by atoms with Crippen LogP contribution in [0, 0.1) is 5.92 Å². The molecular weight excluding hydrogens is 308 g/mol. The summed E-state index contributed by atoms with van der Waals surface area (Å²) < 4.78 is 23.9. The van der Waals surface area contributed by atoms with Crippen molar-refractivity contribution in [2.75, 3.05) is 6.26 Å². The van der Waals surface area contributed by atoms with Gasteiger partial charge in [0.15, 0.2) is 9.84 Å². The summed E-state index contributed by atoms with van der Waals surface area (Å²) >= 11 is 3.28. The highest BCUT2D eigenvalue weighted by Gasteiger charge is 2.61. The van der Waals surface area contributed by atoms with Crippen molar-refractivity contribution in [3.05, 3.63) is 34.3 Å². The lowest BCUT2D eigenvalue weighted by atomic mass is 10.1. The van der Waals surface area contributed by atoms with Crippen LogP contribution in [0.4, 0.5) is 0 Å². The molecule has 1 fully saturated rings. The van der Waals surface area contributed by atoms with E-state index in [4.69, 9.17) is 5.11 Å². The van der Waals surface area contributed by atoms with Crippen LogP contribution in [0.5, 0.6) is 0 Å². The Hall–Kier alpha value is -0.880. The molecule has 1 aliphatic rings. The van der Waals surface area contributed by atoms with Crippen molar-refractivity contribution in [1.29, 1.82) is 0 Å². The monoisotopic (exact) mass is 318 g/mol. The highest BCUT2D eigenvalue weighted by atomic mass is 79.9. The van der Waals surface area contributed by atoms with Crippen molar-refractivity contribution in [1.82, 2.24) is 0 Å². The topological polar surface area (TPSA) is 71.4 Å². The number of carboxylic acids is 1. The number of carboxylic acid groups (broad SMARTS) is 1. The molecule has 3 atom stereocenters. The molecule has 0 amide bonds. The number of carbonyl (C=O) groups is 1. The Bertz CT molecular complexity index is 549. The Morgan fingerprint density at radius 1 is 1.29 bits per heavy atom. The van der Waals surface area contributed by atoms with E-state index >= 15 is 0 Å². The Morgan fingerprint density at radius 3 is 2.18 bits per heavy atom. The number of rotatable bonds is 3. The molecule has 1 aromatic carbocycles. The fourth-order valence-electron chi connectivity index (χ4n) is 2.19. The molecule has 4 nitrogen and oxygen atoms in total. The fourth-order valence-corrected chi connectivity index (χ4v) is 4.04. The number of hydrogen-bond donors (Lipinski definition) is 1. The molecule has 6 heteroatoms. The van der Waals surface area contributed by atoms with Crippen molar-refractivity contribution in [3.63, 3.8) is 0 Å². The van der Waals surface area contributed by atoms with Gasteiger partial charge in [0.1, 0.15) is 0 Å². The van der Waals surface area contributed by atoms with Gasteiger partial charge in [0.05, 0.1) is 11.2 Å². The standard InChI is InChI=1S/C11H11BrO4S/c1-17(15,16)10-8(9(10)11(13)14)6-2-4-7(12)5-3-6/h2-5,8-10H,1H3,(H,13,14)/t8-,9+,10-/m0/s1. The zero-order chi connectivity index (χ0) is 12.8. The maximum absolute atomic E-state index is 11.5. The number of aliphatic carboxylic acids is 1. The van der Waals surface area contributed by atoms with Gasteiger partial charge >= 0.3 is 5.97 Å². The summed E-state index contributed by atoms with van der Waals surface area (Å²) in [6, 6.07) is 7.09. The van der Waals surface area contributed by atoms with Gasteiger partial charge in [-0.15, -0.1) is 0 Å². The van der Waals surface area contributed by atoms with E-state index in [-0.39, 0.29) is 0 Å². The molecule has 1 N–H and O–H groups in total. The van der Waals surface area contributed by atoms with Gasteiger partial charge in [-0.05, 0) is 17.7 Å². The fraction of sp³-hybridized carbons (Fsp3) is 0.364. The predicted molar refractivity (Wildman–Crippen MR) is 66.6 cm³/mol. The van der Waals surface area contributed by atoms with Gasteiger partial charge < -0.3 is 5.11 Å². The summed E-state index contributed by atoms with van der Waals surface area (Å²) in [5.74, 6) is -2.28. The summed E-state index contributed by atoms with van der Waals surface area (Å²) in [4.78, 5) is 11.0. The molecule has 0 spiro atoms. The Morgan fingerprint density at radius 2 is 1.82 bits per heavy atom. The summed E-state index contributed by atoms with van der Waals surface area (Å²) in [5.41, 5.74) is 0.760. The van der Waals surface area contributed by atoms with Crippen molar-refractivity contribution in [3.8, 4) is 0 Å². The maximum Gasteiger partial charge on any atom is 0.308 e. The average molecular weight is 319 g/mol. The minimum atomic E-state index is -3.32. The van der Waals surface area contributed by atoms with E-state index < -0.39 is 32.9 Å². The first-order valence-electron chi connectivity index (χ1n) is 4.99. The van der Waals surface area contributed by atoms with Crippen LogP contribution in [-0.4, -0.2) is 31.0 Å². The Balaban J connectivity index is 2.34. The van der Waals surface area contributed by atoms with Crippen molar-refractivity contribution >= 4 is 31.7 Å². The molecule has 0 saturated heterocycles. The molecule has 0 heterocycles. The molecule has 92 valence electrons. The second kappa shape index (κ2) is 4.10. The molecule has 1 aromatic rings. The van der Waals surface area contributed by atoms with Crippen LogP contribution in [-0.2, 0) is 14.6 Å². The Kier molecular flexibility index (Phi) is 3.03. The van der Waals surface area contributed by atoms with Crippen molar-refractivity contribution < 1.29 is 18.3 Å². The normalized spacial score (nSPS) is 27.8. The Labute approximate surface area is 108 Å². The van der Waals surface area contributed by atoms with Crippen molar-refractivity contribution in [2.45, 2.75) is 11.2 Å². The molecule has 0 aliphatic heterocycles. The van der Waals surface area contributed by atoms with E-state index in [1.165, 1.54) is 0 Å². The second-order valence-electron chi connectivity index (χ2n) is 4.24. The lowest BCUT2D eigenvalue weighted by Crippen LogP contribution is -2.10. The largest absolute Gasteiger partial charge is 0.481 e. The first-order chi connectivity index (χ1) is 7.82. The van der Waals surface area contributed by atoms with Crippen LogP contribution in [0.3, 0.4) is 0 Å². The van der Waals surface area contributed by atoms with E-state index in [2.05, 4.69) is 15.9 Å². The van der Waals surface area contributed by atoms with Gasteiger partial charge in [0.25, 0.3) is 0 Å². The first kappa shape index (κ1) is 12.6. The third kappa shape index (κ3) is 2.37. The van der Waals surface area contributed by atoms with E-state index in [0.29, 0.717) is 0 Å². The summed E-state index contributed by atoms with van der Waals surface area (Å²) in [6.45, 7) is 0. The van der Waals surface area contributed by atoms with Crippen LogP contribution >= 0.6 is 15.9 Å². The van der Waals surface area contributed by atoms with Gasteiger partial charge in [-0.2, -0.15) is 0 Å². The van der Waals surface area contributed by atoms with Gasteiger partial charge in [0.2, 0.25) is 0 Å². The number of sulfone groups is 1. The summed E-state index contributed by atoms with van der Waals surface area (Å²) in [6.07, 6.45) is 1.09. The van der Waals surface area contributed by atoms with Crippen LogP contribution in [0.2, 0.25) is 0 Å². The van der Waals surface area contributed by atoms with Gasteiger partial charge in [-0.3, -0.25) is 4.79 Å². The van der Waals surface area contributed by atoms with Gasteiger partial charge in [-0.1, -0.05) is 28.1 Å². The highest BCUT2D eigenvalue weighted by Crippen LogP contribution is 2.52. The molecule has 17 heavy (non-hydrogen) atoms. The number of hydrogen-bond acceptors (Lipinski definition) is 3. The zero-order valence-corrected chi connectivity index (χ0v) is 11.4. The SMILES string of the molecule is CS(=O)(=O)[C@@H]1[C@H](C(=O)O)[C@@H]1c1ccc(Br)cc1. The number of benzene rings is 1. The predicted octanol–water partition coefficient (Wildman–Crippen LogP) is 1.66. The molecule has 0 radical (unpaired) electrons. The lowest BCUT2D eigenvalue weighted by Gasteiger charge is -1.99. The summed E-state index contributed by atoms with van der Waals surface area (Å²) in [5, 5.41) is 8.21. The molecule has 2 rings (SSSR count). The quantitative estimate of drug-likeness (QED) is 0.920. The van der Waals surface area contributed by atoms with Crippen LogP contribution in [0.25, 0.3) is 0 Å². The minimum absolute atomic E-state index is 0.421. The van der Waals surface area contributed by atoms with Gasteiger partial charge in [-0.25, -0.2) is 8.42 Å². The molecular formula is C11H11BrO4S. The van der Waals surface area contributed by atoms with Gasteiger partial charge in [0, 0.05) is 16.6 Å². The molecule has 1 saturated carbocycles. The number of halogens is 1. The van der Waals surface area contributed by atoms with E-state index in [9.17, 15) is 13.2 Å². The molecule has 0 aromatic heterocycles. The van der Waals surface area contributed by atoms with E-state index in [0.717, 1.165) is 16.3 Å². The molecule has 0 bridgehead atoms. The zero-order valence-electron chi connectivity index (χ0n) is 9.00. The lowest BCUT2D eigenvalue weighted by molar-refractivity contribution is -0.138. The van der Waals surface area contributed by atoms with E-state index in [1.807, 2.05) is 0 Å².